The van der Waals surface area contributed by atoms with Crippen molar-refractivity contribution in [2.24, 2.45) is 5.92 Å². The van der Waals surface area contributed by atoms with E-state index < -0.39 is 23.6 Å². The van der Waals surface area contributed by atoms with Gasteiger partial charge in [-0.1, -0.05) is 6.92 Å². The van der Waals surface area contributed by atoms with Crippen molar-refractivity contribution < 1.29 is 22.8 Å². The lowest BCUT2D eigenvalue weighted by atomic mass is 9.90. The number of carbonyl (C=O) groups is 2. The molecule has 1 aromatic carbocycles. The van der Waals surface area contributed by atoms with Gasteiger partial charge in [-0.05, 0) is 55.0 Å². The number of aryl methyl sites for hydroxylation is 1. The first-order valence-corrected chi connectivity index (χ1v) is 9.37. The highest BCUT2D eigenvalue weighted by Crippen LogP contribution is 2.37. The molecule has 2 N–H and O–H groups in total. The normalized spacial score (nSPS) is 16.6. The minimum atomic E-state index is -4.67. The summed E-state index contributed by atoms with van der Waals surface area (Å²) in [6, 6.07) is 5.08. The van der Waals surface area contributed by atoms with Gasteiger partial charge in [0.25, 0.3) is 5.91 Å². The van der Waals surface area contributed by atoms with E-state index in [9.17, 15) is 22.8 Å². The molecule has 0 fully saturated rings. The summed E-state index contributed by atoms with van der Waals surface area (Å²) in [5.41, 5.74) is -0.201. The van der Waals surface area contributed by atoms with Gasteiger partial charge in [-0.2, -0.15) is 13.2 Å². The van der Waals surface area contributed by atoms with Gasteiger partial charge in [-0.3, -0.25) is 9.59 Å². The third-order valence-corrected chi connectivity index (χ3v) is 5.68. The molecule has 3 rings (SSSR count). The SMILES string of the molecule is CC(=O)Nc1ccc(NC(=O)c2cc3c(s2)CCC(C)C3)c(C(F)(F)F)c1. The molecule has 1 aromatic heterocycles. The van der Waals surface area contributed by atoms with Crippen molar-refractivity contribution >= 4 is 34.5 Å². The fraction of sp³-hybridized carbons (Fsp3) is 0.368. The number of anilines is 2. The van der Waals surface area contributed by atoms with E-state index in [1.54, 1.807) is 6.07 Å². The minimum Gasteiger partial charge on any atom is -0.326 e. The molecular formula is C19H19F3N2O2S. The number of thiophene rings is 1. The van der Waals surface area contributed by atoms with E-state index in [0.717, 1.165) is 41.8 Å². The molecule has 27 heavy (non-hydrogen) atoms. The largest absolute Gasteiger partial charge is 0.418 e. The van der Waals surface area contributed by atoms with Crippen molar-refractivity contribution in [2.45, 2.75) is 39.3 Å². The summed E-state index contributed by atoms with van der Waals surface area (Å²) >= 11 is 1.34. The maximum atomic E-state index is 13.4. The van der Waals surface area contributed by atoms with Gasteiger partial charge < -0.3 is 10.6 Å². The van der Waals surface area contributed by atoms with Crippen LogP contribution in [-0.2, 0) is 23.8 Å². The van der Waals surface area contributed by atoms with Crippen molar-refractivity contribution in [1.82, 2.24) is 0 Å². The lowest BCUT2D eigenvalue weighted by molar-refractivity contribution is -0.137. The third-order valence-electron chi connectivity index (χ3n) is 4.45. The predicted octanol–water partition coefficient (Wildman–Crippen LogP) is 5.10. The van der Waals surface area contributed by atoms with Crippen LogP contribution in [-0.4, -0.2) is 11.8 Å². The number of fused-ring (bicyclic) bond motifs is 1. The number of halogens is 3. The first-order chi connectivity index (χ1) is 12.6. The molecule has 8 heteroatoms. The number of benzene rings is 1. The molecule has 144 valence electrons. The summed E-state index contributed by atoms with van der Waals surface area (Å²) in [7, 11) is 0. The maximum absolute atomic E-state index is 13.4. The lowest BCUT2D eigenvalue weighted by Crippen LogP contribution is -2.17. The van der Waals surface area contributed by atoms with Crippen LogP contribution >= 0.6 is 11.3 Å². The van der Waals surface area contributed by atoms with Gasteiger partial charge in [0.15, 0.2) is 0 Å². The van der Waals surface area contributed by atoms with E-state index in [-0.39, 0.29) is 11.4 Å². The van der Waals surface area contributed by atoms with Crippen molar-refractivity contribution in [3.05, 3.63) is 45.1 Å². The monoisotopic (exact) mass is 396 g/mol. The van der Waals surface area contributed by atoms with Gasteiger partial charge >= 0.3 is 6.18 Å². The highest BCUT2D eigenvalue weighted by Gasteiger charge is 2.34. The summed E-state index contributed by atoms with van der Waals surface area (Å²) in [5.74, 6) is -0.487. The van der Waals surface area contributed by atoms with E-state index in [2.05, 4.69) is 17.6 Å². The van der Waals surface area contributed by atoms with E-state index in [4.69, 9.17) is 0 Å². The predicted molar refractivity (Wildman–Crippen MR) is 99.2 cm³/mol. The molecule has 0 saturated carbocycles. The smallest absolute Gasteiger partial charge is 0.326 e. The first-order valence-electron chi connectivity index (χ1n) is 8.55. The number of rotatable bonds is 3. The van der Waals surface area contributed by atoms with Crippen molar-refractivity contribution in [3.8, 4) is 0 Å². The summed E-state index contributed by atoms with van der Waals surface area (Å²) in [6.07, 6.45) is -1.83. The number of alkyl halides is 3. The molecule has 0 spiro atoms. The summed E-state index contributed by atoms with van der Waals surface area (Å²) in [6.45, 7) is 3.36. The summed E-state index contributed by atoms with van der Waals surface area (Å²) < 4.78 is 40.2. The molecule has 1 heterocycles. The first kappa shape index (κ1) is 19.4. The van der Waals surface area contributed by atoms with Crippen LogP contribution in [0, 0.1) is 5.92 Å². The highest BCUT2D eigenvalue weighted by atomic mass is 32.1. The second-order valence-corrected chi connectivity index (χ2v) is 7.94. The second-order valence-electron chi connectivity index (χ2n) is 6.80. The summed E-state index contributed by atoms with van der Waals surface area (Å²) in [4.78, 5) is 25.1. The van der Waals surface area contributed by atoms with Crippen molar-refractivity contribution in [3.63, 3.8) is 0 Å². The highest BCUT2D eigenvalue weighted by molar-refractivity contribution is 7.14. The van der Waals surface area contributed by atoms with Crippen LogP contribution in [0.1, 0.15) is 45.9 Å². The quantitative estimate of drug-likeness (QED) is 0.758. The molecule has 0 bridgehead atoms. The number of carbonyl (C=O) groups excluding carboxylic acids is 2. The maximum Gasteiger partial charge on any atom is 0.418 e. The Labute approximate surface area is 158 Å². The van der Waals surface area contributed by atoms with Crippen LogP contribution in [0.3, 0.4) is 0 Å². The zero-order valence-corrected chi connectivity index (χ0v) is 15.7. The van der Waals surface area contributed by atoms with Gasteiger partial charge in [-0.15, -0.1) is 11.3 Å². The Morgan fingerprint density at radius 1 is 1.19 bits per heavy atom. The van der Waals surface area contributed by atoms with Crippen LogP contribution in [0.15, 0.2) is 24.3 Å². The van der Waals surface area contributed by atoms with Crippen LogP contribution in [0.2, 0.25) is 0 Å². The van der Waals surface area contributed by atoms with Gasteiger partial charge in [0.2, 0.25) is 5.91 Å². The van der Waals surface area contributed by atoms with E-state index in [1.165, 1.54) is 24.3 Å². The van der Waals surface area contributed by atoms with Gasteiger partial charge in [-0.25, -0.2) is 0 Å². The fourth-order valence-corrected chi connectivity index (χ4v) is 4.27. The summed E-state index contributed by atoms with van der Waals surface area (Å²) in [5, 5.41) is 4.69. The molecule has 2 aromatic rings. The Morgan fingerprint density at radius 3 is 2.59 bits per heavy atom. The molecule has 1 aliphatic carbocycles. The Kier molecular flexibility index (Phi) is 5.28. The Balaban J connectivity index is 1.86. The van der Waals surface area contributed by atoms with Gasteiger partial charge in [0.05, 0.1) is 16.1 Å². The van der Waals surface area contributed by atoms with E-state index in [0.29, 0.717) is 10.8 Å². The number of nitrogens with one attached hydrogen (secondary N) is 2. The Hall–Kier alpha value is -2.35. The average Bonchev–Trinajstić information content (AvgIpc) is 2.98. The average molecular weight is 396 g/mol. The number of hydrogen-bond acceptors (Lipinski definition) is 3. The van der Waals surface area contributed by atoms with Crippen LogP contribution < -0.4 is 10.6 Å². The molecule has 1 aliphatic rings. The molecule has 1 unspecified atom stereocenters. The van der Waals surface area contributed by atoms with E-state index in [1.807, 2.05) is 0 Å². The molecule has 0 saturated heterocycles. The Bertz CT molecular complexity index is 890. The van der Waals surface area contributed by atoms with Crippen LogP contribution in [0.5, 0.6) is 0 Å². The van der Waals surface area contributed by atoms with Crippen molar-refractivity contribution in [1.29, 1.82) is 0 Å². The van der Waals surface area contributed by atoms with Gasteiger partial charge in [0, 0.05) is 17.5 Å². The van der Waals surface area contributed by atoms with Gasteiger partial charge in [0.1, 0.15) is 0 Å². The van der Waals surface area contributed by atoms with Crippen molar-refractivity contribution in [2.75, 3.05) is 10.6 Å². The zero-order valence-electron chi connectivity index (χ0n) is 14.9. The standard InChI is InChI=1S/C19H19F3N2O2S/c1-10-3-6-16-12(7-10)8-17(27-16)18(26)24-15-5-4-13(23-11(2)25)9-14(15)19(20,21)22/h4-5,8-10H,3,6-7H2,1-2H3,(H,23,25)(H,24,26). The van der Waals surface area contributed by atoms with Crippen LogP contribution in [0.25, 0.3) is 0 Å². The number of amides is 2. The second kappa shape index (κ2) is 7.34. The number of hydrogen-bond donors (Lipinski definition) is 2. The molecule has 2 amide bonds. The molecule has 4 nitrogen and oxygen atoms in total. The van der Waals surface area contributed by atoms with E-state index >= 15 is 0 Å². The zero-order chi connectivity index (χ0) is 19.8. The minimum absolute atomic E-state index is 0.0217. The molecule has 0 radical (unpaired) electrons. The fourth-order valence-electron chi connectivity index (χ4n) is 3.17. The lowest BCUT2D eigenvalue weighted by Gasteiger charge is -2.16. The van der Waals surface area contributed by atoms with Crippen LogP contribution in [0.4, 0.5) is 24.5 Å². The Morgan fingerprint density at radius 2 is 1.93 bits per heavy atom. The molecule has 1 atom stereocenters. The topological polar surface area (TPSA) is 58.2 Å². The third kappa shape index (κ3) is 4.50. The molecule has 0 aliphatic heterocycles. The molecular weight excluding hydrogens is 377 g/mol.